The molecule has 0 saturated carbocycles. The first-order chi connectivity index (χ1) is 10.3. The van der Waals surface area contributed by atoms with E-state index >= 15 is 0 Å². The van der Waals surface area contributed by atoms with Crippen molar-refractivity contribution in [2.24, 2.45) is 0 Å². The van der Waals surface area contributed by atoms with E-state index in [4.69, 9.17) is 10.00 Å². The first-order valence-electron chi connectivity index (χ1n) is 6.52. The van der Waals surface area contributed by atoms with Gasteiger partial charge in [0.05, 0.1) is 24.3 Å². The second-order valence-electron chi connectivity index (χ2n) is 4.56. The number of carbonyl (C=O) groups excluding carboxylic acids is 1. The maximum absolute atomic E-state index is 12.2. The van der Waals surface area contributed by atoms with E-state index in [-0.39, 0.29) is 12.5 Å². The summed E-state index contributed by atoms with van der Waals surface area (Å²) < 4.78 is 5.56. The summed E-state index contributed by atoms with van der Waals surface area (Å²) in [6, 6.07) is 11.4. The summed E-state index contributed by atoms with van der Waals surface area (Å²) in [5, 5.41) is 14.1. The molecule has 1 N–H and O–H groups in total. The number of nitrogens with zero attached hydrogens (tertiary/aromatic N) is 2. The van der Waals surface area contributed by atoms with Gasteiger partial charge in [0.1, 0.15) is 23.4 Å². The summed E-state index contributed by atoms with van der Waals surface area (Å²) in [5.41, 5.74) is 1.42. The van der Waals surface area contributed by atoms with Crippen LogP contribution in [0.1, 0.15) is 5.56 Å². The van der Waals surface area contributed by atoms with Crippen LogP contribution < -0.4 is 15.0 Å². The highest BCUT2D eigenvalue weighted by Crippen LogP contribution is 2.30. The van der Waals surface area contributed by atoms with E-state index in [1.54, 1.807) is 11.4 Å². The van der Waals surface area contributed by atoms with E-state index in [1.807, 2.05) is 29.2 Å². The van der Waals surface area contributed by atoms with E-state index in [9.17, 15) is 4.79 Å². The lowest BCUT2D eigenvalue weighted by molar-refractivity contribution is -0.115. The number of carbonyl (C=O) groups is 1. The number of thiophene rings is 1. The highest BCUT2D eigenvalue weighted by Gasteiger charge is 2.20. The minimum absolute atomic E-state index is 0.134. The maximum atomic E-state index is 12.2. The number of hydrogen-bond acceptors (Lipinski definition) is 5. The van der Waals surface area contributed by atoms with Gasteiger partial charge in [-0.3, -0.25) is 4.79 Å². The first kappa shape index (κ1) is 13.5. The summed E-state index contributed by atoms with van der Waals surface area (Å²) >= 11 is 1.35. The van der Waals surface area contributed by atoms with E-state index < -0.39 is 0 Å². The SMILES string of the molecule is N#Cc1ccsc1NC(=O)CN1CCOc2ccccc21. The molecule has 2 aromatic rings. The van der Waals surface area contributed by atoms with Gasteiger partial charge >= 0.3 is 0 Å². The number of amides is 1. The van der Waals surface area contributed by atoms with Crippen molar-refractivity contribution in [3.63, 3.8) is 0 Å². The molecule has 1 amide bonds. The largest absolute Gasteiger partial charge is 0.490 e. The van der Waals surface area contributed by atoms with Crippen LogP contribution in [-0.4, -0.2) is 25.6 Å². The van der Waals surface area contributed by atoms with Crippen LogP contribution in [0, 0.1) is 11.3 Å². The number of ether oxygens (including phenoxy) is 1. The van der Waals surface area contributed by atoms with E-state index in [2.05, 4.69) is 11.4 Å². The van der Waals surface area contributed by atoms with Crippen molar-refractivity contribution in [1.29, 1.82) is 5.26 Å². The van der Waals surface area contributed by atoms with Crippen molar-refractivity contribution in [2.75, 3.05) is 29.9 Å². The molecule has 0 radical (unpaired) electrons. The molecule has 0 bridgehead atoms. The predicted molar refractivity (Wildman–Crippen MR) is 81.8 cm³/mol. The number of anilines is 2. The Morgan fingerprint density at radius 3 is 3.14 bits per heavy atom. The van der Waals surface area contributed by atoms with Gasteiger partial charge in [0.2, 0.25) is 5.91 Å². The molecule has 0 atom stereocenters. The Hall–Kier alpha value is -2.52. The van der Waals surface area contributed by atoms with Crippen molar-refractivity contribution >= 4 is 27.9 Å². The van der Waals surface area contributed by atoms with Crippen molar-refractivity contribution in [3.8, 4) is 11.8 Å². The number of rotatable bonds is 3. The zero-order valence-corrected chi connectivity index (χ0v) is 12.0. The zero-order chi connectivity index (χ0) is 14.7. The molecular weight excluding hydrogens is 286 g/mol. The number of para-hydroxylation sites is 2. The van der Waals surface area contributed by atoms with Gasteiger partial charge in [0.25, 0.3) is 0 Å². The Bertz CT molecular complexity index is 705. The Labute approximate surface area is 126 Å². The van der Waals surface area contributed by atoms with Gasteiger partial charge < -0.3 is 15.0 Å². The summed E-state index contributed by atoms with van der Waals surface area (Å²) in [6.45, 7) is 1.47. The summed E-state index contributed by atoms with van der Waals surface area (Å²) in [4.78, 5) is 14.1. The van der Waals surface area contributed by atoms with Crippen LogP contribution in [-0.2, 0) is 4.79 Å². The van der Waals surface area contributed by atoms with Crippen molar-refractivity contribution in [3.05, 3.63) is 41.3 Å². The molecule has 0 spiro atoms. The zero-order valence-electron chi connectivity index (χ0n) is 11.2. The van der Waals surface area contributed by atoms with Crippen molar-refractivity contribution < 1.29 is 9.53 Å². The van der Waals surface area contributed by atoms with Gasteiger partial charge in [-0.25, -0.2) is 0 Å². The molecule has 1 aliphatic heterocycles. The lowest BCUT2D eigenvalue weighted by Crippen LogP contribution is -2.38. The Morgan fingerprint density at radius 2 is 2.29 bits per heavy atom. The van der Waals surface area contributed by atoms with E-state index in [0.29, 0.717) is 23.7 Å². The predicted octanol–water partition coefficient (Wildman–Crippen LogP) is 2.46. The average Bonchev–Trinajstić information content (AvgIpc) is 2.94. The molecule has 0 unspecified atom stereocenters. The van der Waals surface area contributed by atoms with Gasteiger partial charge in [-0.15, -0.1) is 11.3 Å². The number of nitrogens with one attached hydrogen (secondary N) is 1. The summed E-state index contributed by atoms with van der Waals surface area (Å²) in [7, 11) is 0. The van der Waals surface area contributed by atoms with Crippen LogP contribution in [0.2, 0.25) is 0 Å². The fraction of sp³-hybridized carbons (Fsp3) is 0.200. The minimum Gasteiger partial charge on any atom is -0.490 e. The smallest absolute Gasteiger partial charge is 0.244 e. The van der Waals surface area contributed by atoms with Crippen molar-refractivity contribution in [1.82, 2.24) is 0 Å². The fourth-order valence-corrected chi connectivity index (χ4v) is 2.98. The molecule has 0 saturated heterocycles. The molecule has 3 rings (SSSR count). The lowest BCUT2D eigenvalue weighted by atomic mass is 10.2. The fourth-order valence-electron chi connectivity index (χ4n) is 2.22. The third-order valence-corrected chi connectivity index (χ3v) is 4.03. The van der Waals surface area contributed by atoms with E-state index in [1.165, 1.54) is 11.3 Å². The van der Waals surface area contributed by atoms with Gasteiger partial charge in [0.15, 0.2) is 0 Å². The number of nitriles is 1. The highest BCUT2D eigenvalue weighted by molar-refractivity contribution is 7.14. The molecular formula is C15H13N3O2S. The van der Waals surface area contributed by atoms with Gasteiger partial charge in [0, 0.05) is 0 Å². The molecule has 1 aliphatic rings. The summed E-state index contributed by atoms with van der Waals surface area (Å²) in [6.07, 6.45) is 0. The monoisotopic (exact) mass is 299 g/mol. The number of benzene rings is 1. The molecule has 1 aromatic heterocycles. The second-order valence-corrected chi connectivity index (χ2v) is 5.48. The average molecular weight is 299 g/mol. The van der Waals surface area contributed by atoms with Gasteiger partial charge in [-0.2, -0.15) is 5.26 Å². The molecule has 5 nitrogen and oxygen atoms in total. The van der Waals surface area contributed by atoms with Crippen molar-refractivity contribution in [2.45, 2.75) is 0 Å². The normalized spacial score (nSPS) is 13.0. The Morgan fingerprint density at radius 1 is 1.43 bits per heavy atom. The third kappa shape index (κ3) is 2.83. The number of fused-ring (bicyclic) bond motifs is 1. The second kappa shape index (κ2) is 5.85. The number of hydrogen-bond donors (Lipinski definition) is 1. The van der Waals surface area contributed by atoms with Crippen LogP contribution >= 0.6 is 11.3 Å². The van der Waals surface area contributed by atoms with Gasteiger partial charge in [-0.05, 0) is 23.6 Å². The Kier molecular flexibility index (Phi) is 3.75. The summed E-state index contributed by atoms with van der Waals surface area (Å²) in [5.74, 6) is 0.663. The standard InChI is InChI=1S/C15H13N3O2S/c16-9-11-5-8-21-15(11)17-14(19)10-18-6-7-20-13-4-2-1-3-12(13)18/h1-5,8H,6-7,10H2,(H,17,19). The molecule has 0 aliphatic carbocycles. The van der Waals surface area contributed by atoms with Crippen LogP contribution in [0.25, 0.3) is 0 Å². The lowest BCUT2D eigenvalue weighted by Gasteiger charge is -2.30. The maximum Gasteiger partial charge on any atom is 0.244 e. The molecule has 2 heterocycles. The molecule has 21 heavy (non-hydrogen) atoms. The van der Waals surface area contributed by atoms with Crippen LogP contribution in [0.3, 0.4) is 0 Å². The van der Waals surface area contributed by atoms with Crippen LogP contribution in [0.15, 0.2) is 35.7 Å². The molecule has 106 valence electrons. The first-order valence-corrected chi connectivity index (χ1v) is 7.40. The highest BCUT2D eigenvalue weighted by atomic mass is 32.1. The third-order valence-electron chi connectivity index (χ3n) is 3.20. The topological polar surface area (TPSA) is 65.4 Å². The van der Waals surface area contributed by atoms with Gasteiger partial charge in [-0.1, -0.05) is 12.1 Å². The molecule has 1 aromatic carbocycles. The van der Waals surface area contributed by atoms with Crippen LogP contribution in [0.5, 0.6) is 5.75 Å². The molecule has 0 fully saturated rings. The quantitative estimate of drug-likeness (QED) is 0.945. The minimum atomic E-state index is -0.134. The molecule has 6 heteroatoms. The van der Waals surface area contributed by atoms with Crippen LogP contribution in [0.4, 0.5) is 10.7 Å². The Balaban J connectivity index is 1.70. The van der Waals surface area contributed by atoms with E-state index in [0.717, 1.165) is 11.4 Å².